The molecule has 39 heavy (non-hydrogen) atoms. The number of hydrogen-bond donors (Lipinski definition) is 3. The Labute approximate surface area is 230 Å². The van der Waals surface area contributed by atoms with Gasteiger partial charge in [0, 0.05) is 24.3 Å². The van der Waals surface area contributed by atoms with Crippen molar-refractivity contribution >= 4 is 35.4 Å². The van der Waals surface area contributed by atoms with Crippen LogP contribution in [0.15, 0.2) is 29.3 Å². The first-order valence-corrected chi connectivity index (χ1v) is 13.4. The molecule has 3 N–H and O–H groups in total. The number of nitrogens with one attached hydrogen (secondary N) is 3. The van der Waals surface area contributed by atoms with Gasteiger partial charge >= 0.3 is 12.3 Å². The predicted molar refractivity (Wildman–Crippen MR) is 142 cm³/mol. The molecule has 0 radical (unpaired) electrons. The van der Waals surface area contributed by atoms with Gasteiger partial charge in [0.05, 0.1) is 22.9 Å². The Kier molecular flexibility index (Phi) is 9.16. The molecule has 3 amide bonds. The van der Waals surface area contributed by atoms with Gasteiger partial charge in [-0.3, -0.25) is 20.3 Å². The minimum atomic E-state index is -4.74. The highest BCUT2D eigenvalue weighted by Gasteiger charge is 2.38. The highest BCUT2D eigenvalue weighted by molar-refractivity contribution is 8.04. The molecule has 2 atom stereocenters. The number of ether oxygens (including phenoxy) is 2. The minimum Gasteiger partial charge on any atom is -0.443 e. The molecular weight excluding hydrogens is 537 g/mol. The third-order valence-electron chi connectivity index (χ3n) is 5.75. The van der Waals surface area contributed by atoms with Crippen LogP contribution in [0.5, 0.6) is 0 Å². The maximum absolute atomic E-state index is 13.4. The van der Waals surface area contributed by atoms with Gasteiger partial charge in [0.1, 0.15) is 5.60 Å². The van der Waals surface area contributed by atoms with Crippen molar-refractivity contribution in [2.75, 3.05) is 18.6 Å². The summed E-state index contributed by atoms with van der Waals surface area (Å²) in [4.78, 5) is 41.2. The van der Waals surface area contributed by atoms with Crippen LogP contribution in [0, 0.1) is 5.41 Å². The molecule has 216 valence electrons. The molecule has 2 aliphatic rings. The van der Waals surface area contributed by atoms with Crippen LogP contribution in [-0.4, -0.2) is 53.0 Å². The number of hydrazine groups is 1. The Hall–Kier alpha value is -2.93. The van der Waals surface area contributed by atoms with Gasteiger partial charge in [-0.05, 0) is 57.2 Å². The van der Waals surface area contributed by atoms with Crippen molar-refractivity contribution in [2.24, 2.45) is 5.41 Å². The number of carbonyl (C=O) groups is 3. The lowest BCUT2D eigenvalue weighted by Crippen LogP contribution is -2.45. The molecule has 1 aromatic carbocycles. The summed E-state index contributed by atoms with van der Waals surface area (Å²) in [5.41, 5.74) is 1.81. The van der Waals surface area contributed by atoms with E-state index in [9.17, 15) is 27.6 Å². The molecule has 0 aliphatic carbocycles. The first kappa shape index (κ1) is 30.6. The summed E-state index contributed by atoms with van der Waals surface area (Å²) >= 11 is 1.28. The summed E-state index contributed by atoms with van der Waals surface area (Å²) in [5.74, 6) is -1.73. The van der Waals surface area contributed by atoms with E-state index in [0.29, 0.717) is 19.2 Å². The van der Waals surface area contributed by atoms with Gasteiger partial charge in [0.15, 0.2) is 5.37 Å². The molecular formula is C26H35F3N4O5S. The number of hydrogen-bond acceptors (Lipinski definition) is 8. The van der Waals surface area contributed by atoms with E-state index >= 15 is 0 Å². The Morgan fingerprint density at radius 2 is 1.82 bits per heavy atom. The number of alkyl halides is 3. The standard InChI is InChI=1S/C26H35F3N4O5S/c1-24(2,3)19-14-33(13-16-8-7-11-37-16)22(39-19)21(35)30-20(34)17-12-15(26(27,28)29)9-10-18(17)31-32-23(36)38-25(4,5)6/h9-10,12,14,16,22,31H,7-8,11,13H2,1-6H3,(H,32,36)(H,30,34,35)/t16?,22-/m1/s1. The van der Waals surface area contributed by atoms with Crippen LogP contribution in [0.4, 0.5) is 23.7 Å². The van der Waals surface area contributed by atoms with E-state index in [1.165, 1.54) is 11.8 Å². The highest BCUT2D eigenvalue weighted by atomic mass is 32.2. The first-order valence-electron chi connectivity index (χ1n) is 12.5. The molecule has 0 spiro atoms. The molecule has 0 bridgehead atoms. The van der Waals surface area contributed by atoms with E-state index in [-0.39, 0.29) is 17.2 Å². The summed E-state index contributed by atoms with van der Waals surface area (Å²) in [6.07, 6.45) is -2.07. The average Bonchev–Trinajstić information content (AvgIpc) is 3.46. The lowest BCUT2D eigenvalue weighted by molar-refractivity contribution is -0.137. The third-order valence-corrected chi connectivity index (χ3v) is 7.43. The predicted octanol–water partition coefficient (Wildman–Crippen LogP) is 5.25. The van der Waals surface area contributed by atoms with Crippen molar-refractivity contribution in [2.45, 2.75) is 77.6 Å². The van der Waals surface area contributed by atoms with Crippen LogP contribution in [0.25, 0.3) is 0 Å². The van der Waals surface area contributed by atoms with Crippen LogP contribution in [0.3, 0.4) is 0 Å². The Morgan fingerprint density at radius 1 is 1.13 bits per heavy atom. The molecule has 1 saturated heterocycles. The number of carbonyl (C=O) groups excluding carboxylic acids is 3. The largest absolute Gasteiger partial charge is 0.443 e. The topological polar surface area (TPSA) is 109 Å². The molecule has 13 heteroatoms. The smallest absolute Gasteiger partial charge is 0.426 e. The Bertz CT molecular complexity index is 1120. The van der Waals surface area contributed by atoms with Gasteiger partial charge in [0.25, 0.3) is 11.8 Å². The first-order chi connectivity index (χ1) is 17.9. The van der Waals surface area contributed by atoms with Gasteiger partial charge < -0.3 is 14.4 Å². The number of rotatable bonds is 6. The molecule has 2 heterocycles. The molecule has 2 aliphatic heterocycles. The normalized spacial score (nSPS) is 19.9. The fourth-order valence-electron chi connectivity index (χ4n) is 3.86. The van der Waals surface area contributed by atoms with Crippen molar-refractivity contribution in [3.63, 3.8) is 0 Å². The second-order valence-corrected chi connectivity index (χ2v) is 12.5. The molecule has 3 rings (SSSR count). The summed E-state index contributed by atoms with van der Waals surface area (Å²) in [5, 5.41) is 1.43. The zero-order valence-corrected chi connectivity index (χ0v) is 23.6. The second-order valence-electron chi connectivity index (χ2n) is 11.4. The third kappa shape index (κ3) is 8.53. The Morgan fingerprint density at radius 3 is 2.38 bits per heavy atom. The number of thioether (sulfide) groups is 1. The zero-order chi connectivity index (χ0) is 29.2. The SMILES string of the molecule is CC(C)(C)OC(=O)NNc1ccc(C(F)(F)F)cc1C(=O)NC(=O)[C@H]1SC(C(C)(C)C)=CN1CC1CCCO1. The molecule has 1 aromatic rings. The molecule has 1 unspecified atom stereocenters. The van der Waals surface area contributed by atoms with Crippen molar-refractivity contribution in [1.29, 1.82) is 0 Å². The van der Waals surface area contributed by atoms with Crippen LogP contribution in [-0.2, 0) is 20.4 Å². The van der Waals surface area contributed by atoms with Crippen LogP contribution in [0.2, 0.25) is 0 Å². The second kappa shape index (κ2) is 11.7. The van der Waals surface area contributed by atoms with Gasteiger partial charge in [-0.1, -0.05) is 32.5 Å². The zero-order valence-electron chi connectivity index (χ0n) is 22.8. The van der Waals surface area contributed by atoms with Gasteiger partial charge in [-0.25, -0.2) is 10.2 Å². The molecule has 0 saturated carbocycles. The van der Waals surface area contributed by atoms with E-state index in [1.807, 2.05) is 27.0 Å². The summed E-state index contributed by atoms with van der Waals surface area (Å²) in [6.45, 7) is 12.0. The van der Waals surface area contributed by atoms with E-state index in [0.717, 1.165) is 29.9 Å². The number of anilines is 1. The average molecular weight is 573 g/mol. The fourth-order valence-corrected chi connectivity index (χ4v) is 5.10. The van der Waals surface area contributed by atoms with Gasteiger partial charge in [-0.15, -0.1) is 0 Å². The maximum Gasteiger partial charge on any atom is 0.426 e. The van der Waals surface area contributed by atoms with Crippen molar-refractivity contribution in [3.05, 3.63) is 40.4 Å². The quantitative estimate of drug-likeness (QED) is 0.313. The minimum absolute atomic E-state index is 0.0645. The van der Waals surface area contributed by atoms with E-state index in [1.54, 1.807) is 25.7 Å². The summed E-state index contributed by atoms with van der Waals surface area (Å²) < 4.78 is 51.1. The van der Waals surface area contributed by atoms with Crippen LogP contribution >= 0.6 is 11.8 Å². The maximum atomic E-state index is 13.4. The van der Waals surface area contributed by atoms with Crippen molar-refractivity contribution in [1.82, 2.24) is 15.6 Å². The fraction of sp³-hybridized carbons (Fsp3) is 0.577. The number of amides is 3. The van der Waals surface area contributed by atoms with Crippen LogP contribution < -0.4 is 16.2 Å². The number of benzene rings is 1. The Balaban J connectivity index is 1.81. The van der Waals surface area contributed by atoms with E-state index in [2.05, 4.69) is 16.2 Å². The van der Waals surface area contributed by atoms with Gasteiger partial charge in [-0.2, -0.15) is 13.2 Å². The lowest BCUT2D eigenvalue weighted by atomic mass is 9.96. The number of nitrogens with zero attached hydrogens (tertiary/aromatic N) is 1. The number of halogens is 3. The van der Waals surface area contributed by atoms with Crippen LogP contribution in [0.1, 0.15) is 70.3 Å². The van der Waals surface area contributed by atoms with Crippen molar-refractivity contribution in [3.8, 4) is 0 Å². The van der Waals surface area contributed by atoms with Crippen molar-refractivity contribution < 1.29 is 37.0 Å². The lowest BCUT2D eigenvalue weighted by Gasteiger charge is -2.26. The highest BCUT2D eigenvalue weighted by Crippen LogP contribution is 2.43. The molecule has 1 fully saturated rings. The summed E-state index contributed by atoms with van der Waals surface area (Å²) in [7, 11) is 0. The monoisotopic (exact) mass is 572 g/mol. The molecule has 0 aromatic heterocycles. The molecule has 9 nitrogen and oxygen atoms in total. The van der Waals surface area contributed by atoms with E-state index in [4.69, 9.17) is 9.47 Å². The van der Waals surface area contributed by atoms with E-state index < -0.39 is 46.2 Å². The van der Waals surface area contributed by atoms with Gasteiger partial charge in [0.2, 0.25) is 0 Å². The number of allylic oxidation sites excluding steroid dienone is 1. The summed E-state index contributed by atoms with van der Waals surface area (Å²) in [6, 6.07) is 2.37. The number of imide groups is 1.